The first-order valence-electron chi connectivity index (χ1n) is 6.42. The fraction of sp³-hybridized carbons (Fsp3) is 0.429. The maximum Gasteiger partial charge on any atom is 0.0372 e. The number of anilines is 1. The summed E-state index contributed by atoms with van der Waals surface area (Å²) >= 11 is 0. The largest absolute Gasteiger partial charge is 0.372 e. The Balaban J connectivity index is 1.96. The van der Waals surface area contributed by atoms with Gasteiger partial charge in [-0.25, -0.2) is 0 Å². The highest BCUT2D eigenvalue weighted by atomic mass is 15.1. The van der Waals surface area contributed by atoms with Crippen LogP contribution in [0.5, 0.6) is 0 Å². The lowest BCUT2D eigenvalue weighted by Gasteiger charge is -2.17. The molecule has 4 nitrogen and oxygen atoms in total. The third-order valence-corrected chi connectivity index (χ3v) is 3.11. The lowest BCUT2D eigenvalue weighted by atomic mass is 10.1. The van der Waals surface area contributed by atoms with Crippen molar-refractivity contribution in [3.05, 3.63) is 46.3 Å². The summed E-state index contributed by atoms with van der Waals surface area (Å²) in [6.07, 6.45) is 7.53. The van der Waals surface area contributed by atoms with Gasteiger partial charge in [-0.15, -0.1) is 0 Å². The SMILES string of the molecule is [N-]=[N+]=NCCC=Cc1cccc(N2CCCC2)c1. The Morgan fingerprint density at radius 1 is 1.33 bits per heavy atom. The predicted molar refractivity (Wildman–Crippen MR) is 75.6 cm³/mol. The van der Waals surface area contributed by atoms with Gasteiger partial charge in [-0.1, -0.05) is 29.4 Å². The van der Waals surface area contributed by atoms with Gasteiger partial charge in [0.05, 0.1) is 0 Å². The van der Waals surface area contributed by atoms with Crippen LogP contribution in [0.4, 0.5) is 5.69 Å². The van der Waals surface area contributed by atoms with E-state index >= 15 is 0 Å². The molecule has 18 heavy (non-hydrogen) atoms. The molecule has 0 amide bonds. The van der Waals surface area contributed by atoms with Crippen LogP contribution < -0.4 is 4.90 Å². The highest BCUT2D eigenvalue weighted by Gasteiger charge is 2.11. The number of rotatable bonds is 5. The molecule has 1 aliphatic rings. The van der Waals surface area contributed by atoms with Crippen molar-refractivity contribution in [3.8, 4) is 0 Å². The zero-order valence-electron chi connectivity index (χ0n) is 10.5. The number of azide groups is 1. The van der Waals surface area contributed by atoms with Gasteiger partial charge in [0.2, 0.25) is 0 Å². The molecular weight excluding hydrogens is 224 g/mol. The summed E-state index contributed by atoms with van der Waals surface area (Å²) in [5.74, 6) is 0. The molecule has 1 heterocycles. The first kappa shape index (κ1) is 12.5. The van der Waals surface area contributed by atoms with Crippen molar-refractivity contribution in [3.63, 3.8) is 0 Å². The van der Waals surface area contributed by atoms with E-state index in [2.05, 4.69) is 51.3 Å². The van der Waals surface area contributed by atoms with E-state index in [0.29, 0.717) is 6.54 Å². The van der Waals surface area contributed by atoms with E-state index in [9.17, 15) is 0 Å². The van der Waals surface area contributed by atoms with Crippen molar-refractivity contribution >= 4 is 11.8 Å². The maximum absolute atomic E-state index is 8.17. The van der Waals surface area contributed by atoms with E-state index in [4.69, 9.17) is 5.53 Å². The molecule has 0 atom stereocenters. The molecule has 0 aliphatic carbocycles. The zero-order valence-corrected chi connectivity index (χ0v) is 10.5. The molecule has 4 heteroatoms. The van der Waals surface area contributed by atoms with Crippen LogP contribution in [-0.4, -0.2) is 19.6 Å². The number of hydrogen-bond donors (Lipinski definition) is 0. The van der Waals surface area contributed by atoms with Crippen LogP contribution in [-0.2, 0) is 0 Å². The zero-order chi connectivity index (χ0) is 12.6. The van der Waals surface area contributed by atoms with Gasteiger partial charge < -0.3 is 4.90 Å². The van der Waals surface area contributed by atoms with Crippen LogP contribution in [0.1, 0.15) is 24.8 Å². The first-order valence-corrected chi connectivity index (χ1v) is 6.42. The molecule has 0 unspecified atom stereocenters. The molecule has 0 aromatic heterocycles. The standard InChI is InChI=1S/C14H18N4/c15-17-16-9-2-1-6-13-7-5-8-14(12-13)18-10-3-4-11-18/h1,5-8,12H,2-4,9-11H2. The minimum absolute atomic E-state index is 0.527. The number of nitrogens with zero attached hydrogens (tertiary/aromatic N) is 4. The summed E-state index contributed by atoms with van der Waals surface area (Å²) in [6.45, 7) is 2.87. The fourth-order valence-electron chi connectivity index (χ4n) is 2.20. The maximum atomic E-state index is 8.17. The first-order chi connectivity index (χ1) is 8.90. The molecule has 0 N–H and O–H groups in total. The molecule has 0 spiro atoms. The van der Waals surface area contributed by atoms with Crippen molar-refractivity contribution in [1.82, 2.24) is 0 Å². The van der Waals surface area contributed by atoms with Gasteiger partial charge in [-0.2, -0.15) is 0 Å². The molecule has 1 fully saturated rings. The number of hydrogen-bond acceptors (Lipinski definition) is 2. The van der Waals surface area contributed by atoms with Crippen molar-refractivity contribution in [2.24, 2.45) is 5.11 Å². The normalized spacial score (nSPS) is 15.0. The Hall–Kier alpha value is -1.93. The van der Waals surface area contributed by atoms with Gasteiger partial charge >= 0.3 is 0 Å². The van der Waals surface area contributed by atoms with Crippen LogP contribution in [0.15, 0.2) is 35.5 Å². The van der Waals surface area contributed by atoms with Gasteiger partial charge in [-0.05, 0) is 42.5 Å². The third-order valence-electron chi connectivity index (χ3n) is 3.11. The Morgan fingerprint density at radius 3 is 2.94 bits per heavy atom. The lowest BCUT2D eigenvalue weighted by molar-refractivity contribution is 0.949. The quantitative estimate of drug-likeness (QED) is 0.333. The molecular formula is C14H18N4. The molecule has 0 bridgehead atoms. The van der Waals surface area contributed by atoms with E-state index in [1.165, 1.54) is 37.2 Å². The van der Waals surface area contributed by atoms with Gasteiger partial charge in [-0.3, -0.25) is 0 Å². The molecule has 94 valence electrons. The van der Waals surface area contributed by atoms with Gasteiger partial charge in [0.25, 0.3) is 0 Å². The van der Waals surface area contributed by atoms with Crippen LogP contribution in [0.25, 0.3) is 16.5 Å². The summed E-state index contributed by atoms with van der Waals surface area (Å²) < 4.78 is 0. The number of benzene rings is 1. The second-order valence-electron chi connectivity index (χ2n) is 4.43. The summed E-state index contributed by atoms with van der Waals surface area (Å²) in [5, 5.41) is 3.50. The van der Waals surface area contributed by atoms with Gasteiger partial charge in [0.1, 0.15) is 0 Å². The predicted octanol–water partition coefficient (Wildman–Crippen LogP) is 4.00. The fourth-order valence-corrected chi connectivity index (χ4v) is 2.20. The summed E-state index contributed by atoms with van der Waals surface area (Å²) in [5.41, 5.74) is 10.7. The van der Waals surface area contributed by atoms with Crippen molar-refractivity contribution in [2.45, 2.75) is 19.3 Å². The average Bonchev–Trinajstić information content (AvgIpc) is 2.93. The van der Waals surface area contributed by atoms with Crippen LogP contribution >= 0.6 is 0 Å². The molecule has 1 aliphatic heterocycles. The van der Waals surface area contributed by atoms with Crippen molar-refractivity contribution in [2.75, 3.05) is 24.5 Å². The van der Waals surface area contributed by atoms with E-state index in [-0.39, 0.29) is 0 Å². The Labute approximate surface area is 108 Å². The summed E-state index contributed by atoms with van der Waals surface area (Å²) in [7, 11) is 0. The molecule has 1 saturated heterocycles. The third kappa shape index (κ3) is 3.54. The highest BCUT2D eigenvalue weighted by Crippen LogP contribution is 2.21. The van der Waals surface area contributed by atoms with Crippen LogP contribution in [0.3, 0.4) is 0 Å². The Bertz CT molecular complexity index is 455. The molecule has 2 rings (SSSR count). The molecule has 1 aromatic carbocycles. The van der Waals surface area contributed by atoms with Crippen LogP contribution in [0, 0.1) is 0 Å². The van der Waals surface area contributed by atoms with E-state index in [1.54, 1.807) is 0 Å². The topological polar surface area (TPSA) is 52.0 Å². The molecule has 0 radical (unpaired) electrons. The van der Waals surface area contributed by atoms with E-state index in [1.807, 2.05) is 0 Å². The highest BCUT2D eigenvalue weighted by molar-refractivity contribution is 5.58. The van der Waals surface area contributed by atoms with Crippen molar-refractivity contribution in [1.29, 1.82) is 0 Å². The summed E-state index contributed by atoms with van der Waals surface area (Å²) in [6, 6.07) is 8.59. The minimum atomic E-state index is 0.527. The Morgan fingerprint density at radius 2 is 2.17 bits per heavy atom. The van der Waals surface area contributed by atoms with Crippen LogP contribution in [0.2, 0.25) is 0 Å². The second kappa shape index (κ2) is 6.72. The van der Waals surface area contributed by atoms with E-state index < -0.39 is 0 Å². The second-order valence-corrected chi connectivity index (χ2v) is 4.43. The smallest absolute Gasteiger partial charge is 0.0372 e. The summed E-state index contributed by atoms with van der Waals surface area (Å²) in [4.78, 5) is 5.16. The molecule has 0 saturated carbocycles. The van der Waals surface area contributed by atoms with Crippen molar-refractivity contribution < 1.29 is 0 Å². The van der Waals surface area contributed by atoms with E-state index in [0.717, 1.165) is 6.42 Å². The average molecular weight is 242 g/mol. The van der Waals surface area contributed by atoms with Gasteiger partial charge in [0.15, 0.2) is 0 Å². The Kier molecular flexibility index (Phi) is 4.68. The molecule has 1 aromatic rings. The van der Waals surface area contributed by atoms with Gasteiger partial charge in [0, 0.05) is 30.2 Å². The minimum Gasteiger partial charge on any atom is -0.372 e. The monoisotopic (exact) mass is 242 g/mol. The lowest BCUT2D eigenvalue weighted by Crippen LogP contribution is -2.17.